The second kappa shape index (κ2) is 4.65. The monoisotopic (exact) mass is 222 g/mol. The average molecular weight is 222 g/mol. The fourth-order valence-electron chi connectivity index (χ4n) is 1.83. The van der Waals surface area contributed by atoms with Crippen LogP contribution in [0.25, 0.3) is 0 Å². The molecule has 0 bridgehead atoms. The Kier molecular flexibility index (Phi) is 3.24. The number of nitrogens with two attached hydrogens (primary N) is 1. The standard InChI is InChI=1S/C11H18N4O/c1-11(2-4-16-5-3-11)7-14-10-9(12)6-13-8-15-10/h6,8H,2-5,7,12H2,1H3,(H,13,14,15). The molecule has 1 aromatic heterocycles. The number of ether oxygens (including phenoxy) is 1. The maximum absolute atomic E-state index is 5.77. The third-order valence-corrected chi connectivity index (χ3v) is 3.12. The van der Waals surface area contributed by atoms with Crippen molar-refractivity contribution in [2.45, 2.75) is 19.8 Å². The van der Waals surface area contributed by atoms with Crippen molar-refractivity contribution in [3.05, 3.63) is 12.5 Å². The summed E-state index contributed by atoms with van der Waals surface area (Å²) in [5.74, 6) is 0.725. The van der Waals surface area contributed by atoms with Crippen LogP contribution in [0.5, 0.6) is 0 Å². The van der Waals surface area contributed by atoms with E-state index in [1.807, 2.05) is 0 Å². The molecule has 1 aromatic rings. The summed E-state index contributed by atoms with van der Waals surface area (Å²) in [7, 11) is 0. The maximum Gasteiger partial charge on any atom is 0.152 e. The van der Waals surface area contributed by atoms with Gasteiger partial charge in [-0.15, -0.1) is 0 Å². The Hall–Kier alpha value is -1.36. The highest BCUT2D eigenvalue weighted by molar-refractivity contribution is 5.58. The largest absolute Gasteiger partial charge is 0.394 e. The van der Waals surface area contributed by atoms with E-state index in [-0.39, 0.29) is 5.41 Å². The van der Waals surface area contributed by atoms with E-state index in [2.05, 4.69) is 22.2 Å². The van der Waals surface area contributed by atoms with Crippen molar-refractivity contribution >= 4 is 11.5 Å². The highest BCUT2D eigenvalue weighted by Crippen LogP contribution is 2.30. The number of nitrogens with one attached hydrogen (secondary N) is 1. The van der Waals surface area contributed by atoms with Crippen molar-refractivity contribution in [2.75, 3.05) is 30.8 Å². The molecule has 2 rings (SSSR count). The van der Waals surface area contributed by atoms with Crippen molar-refractivity contribution in [1.29, 1.82) is 0 Å². The second-order valence-corrected chi connectivity index (χ2v) is 4.60. The van der Waals surface area contributed by atoms with Gasteiger partial charge in [-0.2, -0.15) is 0 Å². The lowest BCUT2D eigenvalue weighted by atomic mass is 9.82. The molecule has 1 aliphatic rings. The van der Waals surface area contributed by atoms with Crippen LogP contribution in [0.4, 0.5) is 11.5 Å². The molecule has 0 spiro atoms. The van der Waals surface area contributed by atoms with Crippen LogP contribution in [0.2, 0.25) is 0 Å². The first-order chi connectivity index (χ1) is 7.70. The fourth-order valence-corrected chi connectivity index (χ4v) is 1.83. The Balaban J connectivity index is 1.94. The van der Waals surface area contributed by atoms with Gasteiger partial charge in [-0.3, -0.25) is 0 Å². The lowest BCUT2D eigenvalue weighted by Crippen LogP contribution is -2.33. The topological polar surface area (TPSA) is 73.1 Å². The number of rotatable bonds is 3. The average Bonchev–Trinajstić information content (AvgIpc) is 2.29. The van der Waals surface area contributed by atoms with Crippen LogP contribution < -0.4 is 11.1 Å². The molecular formula is C11H18N4O. The number of hydrogen-bond donors (Lipinski definition) is 2. The van der Waals surface area contributed by atoms with Gasteiger partial charge in [0, 0.05) is 19.8 Å². The lowest BCUT2D eigenvalue weighted by molar-refractivity contribution is 0.0300. The maximum atomic E-state index is 5.77. The van der Waals surface area contributed by atoms with Gasteiger partial charge in [-0.1, -0.05) is 6.92 Å². The normalized spacial score (nSPS) is 19.3. The molecule has 5 heteroatoms. The summed E-state index contributed by atoms with van der Waals surface area (Å²) in [5, 5.41) is 3.29. The van der Waals surface area contributed by atoms with Crippen LogP contribution in [0.1, 0.15) is 19.8 Å². The number of nitrogen functional groups attached to an aromatic ring is 1. The van der Waals surface area contributed by atoms with E-state index in [4.69, 9.17) is 10.5 Å². The van der Waals surface area contributed by atoms with Crippen LogP contribution in [-0.4, -0.2) is 29.7 Å². The zero-order valence-corrected chi connectivity index (χ0v) is 9.57. The molecule has 88 valence electrons. The minimum Gasteiger partial charge on any atom is -0.394 e. The summed E-state index contributed by atoms with van der Waals surface area (Å²) in [6, 6.07) is 0. The molecule has 0 aromatic carbocycles. The van der Waals surface area contributed by atoms with Crippen molar-refractivity contribution in [2.24, 2.45) is 5.41 Å². The van der Waals surface area contributed by atoms with Crippen LogP contribution in [-0.2, 0) is 4.74 Å². The van der Waals surface area contributed by atoms with Gasteiger partial charge in [0.25, 0.3) is 0 Å². The summed E-state index contributed by atoms with van der Waals surface area (Å²) in [5.41, 5.74) is 6.64. The van der Waals surface area contributed by atoms with E-state index >= 15 is 0 Å². The Morgan fingerprint density at radius 3 is 2.94 bits per heavy atom. The quantitative estimate of drug-likeness (QED) is 0.806. The molecule has 1 fully saturated rings. The van der Waals surface area contributed by atoms with Crippen molar-refractivity contribution < 1.29 is 4.74 Å². The Morgan fingerprint density at radius 2 is 2.25 bits per heavy atom. The summed E-state index contributed by atoms with van der Waals surface area (Å²) in [4.78, 5) is 7.98. The van der Waals surface area contributed by atoms with Crippen molar-refractivity contribution in [1.82, 2.24) is 9.97 Å². The molecule has 1 aliphatic heterocycles. The molecule has 0 radical (unpaired) electrons. The first-order valence-corrected chi connectivity index (χ1v) is 5.57. The SMILES string of the molecule is CC1(CNc2ncncc2N)CCOCC1. The predicted molar refractivity (Wildman–Crippen MR) is 63.1 cm³/mol. The van der Waals surface area contributed by atoms with E-state index in [1.165, 1.54) is 6.33 Å². The second-order valence-electron chi connectivity index (χ2n) is 4.60. The molecule has 2 heterocycles. The fraction of sp³-hybridized carbons (Fsp3) is 0.636. The Labute approximate surface area is 95.4 Å². The van der Waals surface area contributed by atoms with Crippen LogP contribution in [0, 0.1) is 5.41 Å². The molecule has 5 nitrogen and oxygen atoms in total. The van der Waals surface area contributed by atoms with Gasteiger partial charge in [0.15, 0.2) is 5.82 Å². The number of anilines is 2. The Bertz CT molecular complexity index is 350. The van der Waals surface area contributed by atoms with E-state index in [1.54, 1.807) is 6.20 Å². The molecule has 0 amide bonds. The van der Waals surface area contributed by atoms with Crippen LogP contribution in [0.3, 0.4) is 0 Å². The molecule has 1 saturated heterocycles. The van der Waals surface area contributed by atoms with E-state index < -0.39 is 0 Å². The van der Waals surface area contributed by atoms with Gasteiger partial charge in [-0.05, 0) is 18.3 Å². The van der Waals surface area contributed by atoms with Gasteiger partial charge in [-0.25, -0.2) is 9.97 Å². The molecule has 0 unspecified atom stereocenters. The van der Waals surface area contributed by atoms with E-state index in [9.17, 15) is 0 Å². The zero-order valence-electron chi connectivity index (χ0n) is 9.57. The highest BCUT2D eigenvalue weighted by Gasteiger charge is 2.27. The first kappa shape index (κ1) is 11.1. The third-order valence-electron chi connectivity index (χ3n) is 3.12. The Morgan fingerprint density at radius 1 is 1.50 bits per heavy atom. The van der Waals surface area contributed by atoms with Gasteiger partial charge < -0.3 is 15.8 Å². The predicted octanol–water partition coefficient (Wildman–Crippen LogP) is 1.29. The molecule has 3 N–H and O–H groups in total. The molecule has 16 heavy (non-hydrogen) atoms. The number of aromatic nitrogens is 2. The third kappa shape index (κ3) is 2.61. The molecule has 0 aliphatic carbocycles. The highest BCUT2D eigenvalue weighted by atomic mass is 16.5. The van der Waals surface area contributed by atoms with E-state index in [0.717, 1.165) is 38.4 Å². The molecule has 0 saturated carbocycles. The van der Waals surface area contributed by atoms with Crippen LogP contribution >= 0.6 is 0 Å². The summed E-state index contributed by atoms with van der Waals surface area (Å²) in [6.07, 6.45) is 5.27. The van der Waals surface area contributed by atoms with Gasteiger partial charge in [0.05, 0.1) is 11.9 Å². The number of hydrogen-bond acceptors (Lipinski definition) is 5. The van der Waals surface area contributed by atoms with E-state index in [0.29, 0.717) is 5.69 Å². The first-order valence-electron chi connectivity index (χ1n) is 5.57. The summed E-state index contributed by atoms with van der Waals surface area (Å²) in [6.45, 7) is 4.83. The smallest absolute Gasteiger partial charge is 0.152 e. The summed E-state index contributed by atoms with van der Waals surface area (Å²) >= 11 is 0. The van der Waals surface area contributed by atoms with Gasteiger partial charge in [0.1, 0.15) is 6.33 Å². The number of nitrogens with zero attached hydrogens (tertiary/aromatic N) is 2. The van der Waals surface area contributed by atoms with Crippen molar-refractivity contribution in [3.8, 4) is 0 Å². The molecule has 0 atom stereocenters. The van der Waals surface area contributed by atoms with Gasteiger partial charge in [0.2, 0.25) is 0 Å². The minimum atomic E-state index is 0.273. The molecular weight excluding hydrogens is 204 g/mol. The summed E-state index contributed by atoms with van der Waals surface area (Å²) < 4.78 is 5.36. The van der Waals surface area contributed by atoms with Crippen molar-refractivity contribution in [3.63, 3.8) is 0 Å². The minimum absolute atomic E-state index is 0.273. The van der Waals surface area contributed by atoms with Crippen LogP contribution in [0.15, 0.2) is 12.5 Å². The zero-order chi connectivity index (χ0) is 11.4. The lowest BCUT2D eigenvalue weighted by Gasteiger charge is -2.33. The van der Waals surface area contributed by atoms with Gasteiger partial charge >= 0.3 is 0 Å².